The molecule has 0 fully saturated rings. The molecule has 2 aromatic rings. The Morgan fingerprint density at radius 3 is 3.00 bits per heavy atom. The third kappa shape index (κ3) is 4.49. The van der Waals surface area contributed by atoms with E-state index < -0.39 is 0 Å². The molecule has 0 atom stereocenters. The fourth-order valence-electron chi connectivity index (χ4n) is 1.76. The number of hydrogen-bond acceptors (Lipinski definition) is 5. The van der Waals surface area contributed by atoms with Gasteiger partial charge >= 0.3 is 0 Å². The van der Waals surface area contributed by atoms with E-state index in [1.54, 1.807) is 30.5 Å². The molecule has 0 aliphatic carbocycles. The predicted molar refractivity (Wildman–Crippen MR) is 82.9 cm³/mol. The first kappa shape index (κ1) is 15.3. The molecule has 0 spiro atoms. The Labute approximate surface area is 128 Å². The van der Waals surface area contributed by atoms with Gasteiger partial charge in [-0.3, -0.25) is 4.79 Å². The molecule has 2 heterocycles. The number of rotatable bonds is 6. The summed E-state index contributed by atoms with van der Waals surface area (Å²) < 4.78 is 5.32. The molecule has 0 aliphatic heterocycles. The maximum atomic E-state index is 11.6. The molecule has 6 heteroatoms. The van der Waals surface area contributed by atoms with Crippen molar-refractivity contribution in [3.63, 3.8) is 0 Å². The number of amides is 1. The number of carbonyl (C=O) groups is 1. The van der Waals surface area contributed by atoms with Crippen molar-refractivity contribution >= 4 is 17.8 Å². The number of pyridine rings is 1. The summed E-state index contributed by atoms with van der Waals surface area (Å²) in [5.74, 6) is 1.74. The van der Waals surface area contributed by atoms with Crippen LogP contribution in [0.2, 0.25) is 0 Å². The Morgan fingerprint density at radius 1 is 1.41 bits per heavy atom. The zero-order chi connectivity index (χ0) is 15.8. The van der Waals surface area contributed by atoms with Crippen LogP contribution in [0.5, 0.6) is 0 Å². The molecule has 112 valence electrons. The number of aryl methyl sites for hydroxylation is 1. The summed E-state index contributed by atoms with van der Waals surface area (Å²) in [6.45, 7) is 2.74. The van der Waals surface area contributed by atoms with E-state index in [-0.39, 0.29) is 5.91 Å². The van der Waals surface area contributed by atoms with Crippen molar-refractivity contribution < 1.29 is 9.21 Å². The van der Waals surface area contributed by atoms with Gasteiger partial charge in [0.25, 0.3) is 0 Å². The number of anilines is 1. The molecule has 0 aromatic carbocycles. The van der Waals surface area contributed by atoms with Crippen molar-refractivity contribution in [3.05, 3.63) is 53.6 Å². The van der Waals surface area contributed by atoms with Crippen LogP contribution >= 0.6 is 0 Å². The molecule has 0 saturated carbocycles. The molecular formula is C16H16N4O2. The third-order valence-corrected chi connectivity index (χ3v) is 2.80. The van der Waals surface area contributed by atoms with E-state index in [0.717, 1.165) is 5.76 Å². The number of nitrogens with zero attached hydrogens (tertiary/aromatic N) is 2. The van der Waals surface area contributed by atoms with Gasteiger partial charge in [0.2, 0.25) is 5.91 Å². The Hall–Kier alpha value is -3.07. The minimum Gasteiger partial charge on any atom is -0.462 e. The summed E-state index contributed by atoms with van der Waals surface area (Å²) in [4.78, 5) is 15.7. The number of nitrogens with one attached hydrogen (secondary N) is 2. The third-order valence-electron chi connectivity index (χ3n) is 2.80. The highest BCUT2D eigenvalue weighted by Crippen LogP contribution is 2.09. The van der Waals surface area contributed by atoms with Gasteiger partial charge in [0.15, 0.2) is 0 Å². The second kappa shape index (κ2) is 7.64. The number of aromatic nitrogens is 1. The number of furan rings is 1. The van der Waals surface area contributed by atoms with Gasteiger partial charge in [-0.25, -0.2) is 4.98 Å². The van der Waals surface area contributed by atoms with Crippen LogP contribution in [-0.4, -0.2) is 24.0 Å². The van der Waals surface area contributed by atoms with Crippen molar-refractivity contribution in [3.8, 4) is 6.07 Å². The molecular weight excluding hydrogens is 280 g/mol. The van der Waals surface area contributed by atoms with E-state index >= 15 is 0 Å². The Balaban J connectivity index is 1.73. The average molecular weight is 296 g/mol. The minimum atomic E-state index is -0.211. The molecule has 2 rings (SSSR count). The van der Waals surface area contributed by atoms with Gasteiger partial charge in [-0.2, -0.15) is 5.26 Å². The average Bonchev–Trinajstić information content (AvgIpc) is 2.95. The lowest BCUT2D eigenvalue weighted by Gasteiger charge is -2.06. The normalized spacial score (nSPS) is 10.4. The summed E-state index contributed by atoms with van der Waals surface area (Å²) in [6.07, 6.45) is 4.64. The number of nitriles is 1. The molecule has 22 heavy (non-hydrogen) atoms. The first-order chi connectivity index (χ1) is 10.7. The first-order valence-electron chi connectivity index (χ1n) is 6.80. The van der Waals surface area contributed by atoms with E-state index in [1.165, 1.54) is 6.08 Å². The van der Waals surface area contributed by atoms with Crippen molar-refractivity contribution in [2.45, 2.75) is 6.92 Å². The van der Waals surface area contributed by atoms with Crippen molar-refractivity contribution in [1.29, 1.82) is 5.26 Å². The largest absolute Gasteiger partial charge is 0.462 e. The number of carbonyl (C=O) groups excluding carboxylic acids is 1. The van der Waals surface area contributed by atoms with E-state index in [1.807, 2.05) is 13.0 Å². The second-order valence-electron chi connectivity index (χ2n) is 4.51. The highest BCUT2D eigenvalue weighted by molar-refractivity contribution is 5.91. The molecule has 0 aliphatic rings. The monoisotopic (exact) mass is 296 g/mol. The first-order valence-corrected chi connectivity index (χ1v) is 6.80. The summed E-state index contributed by atoms with van der Waals surface area (Å²) in [7, 11) is 0. The smallest absolute Gasteiger partial charge is 0.244 e. The van der Waals surface area contributed by atoms with Crippen LogP contribution in [0.25, 0.3) is 6.08 Å². The van der Waals surface area contributed by atoms with E-state index in [0.29, 0.717) is 30.2 Å². The van der Waals surface area contributed by atoms with Crippen LogP contribution < -0.4 is 10.6 Å². The summed E-state index contributed by atoms with van der Waals surface area (Å²) >= 11 is 0. The number of hydrogen-bond donors (Lipinski definition) is 2. The molecule has 6 nitrogen and oxygen atoms in total. The molecule has 0 unspecified atom stereocenters. The Kier molecular flexibility index (Phi) is 5.32. The lowest BCUT2D eigenvalue weighted by Crippen LogP contribution is -2.27. The van der Waals surface area contributed by atoms with E-state index in [9.17, 15) is 4.79 Å². The Morgan fingerprint density at radius 2 is 2.27 bits per heavy atom. The summed E-state index contributed by atoms with van der Waals surface area (Å²) in [5, 5.41) is 14.7. The fourth-order valence-corrected chi connectivity index (χ4v) is 1.76. The van der Waals surface area contributed by atoms with Gasteiger partial charge in [-0.1, -0.05) is 0 Å². The highest BCUT2D eigenvalue weighted by Gasteiger charge is 2.01. The van der Waals surface area contributed by atoms with Gasteiger partial charge < -0.3 is 15.1 Å². The standard InChI is InChI=1S/C16H16N4O2/c1-12-4-5-14(22-12)6-7-15(21)18-9-10-20-16-13(11-17)3-2-8-19-16/h2-8H,9-10H2,1H3,(H,18,21)(H,19,20)/b7-6+. The van der Waals surface area contributed by atoms with Crippen LogP contribution in [0.4, 0.5) is 5.82 Å². The van der Waals surface area contributed by atoms with Gasteiger partial charge in [0, 0.05) is 25.4 Å². The van der Waals surface area contributed by atoms with Crippen LogP contribution in [-0.2, 0) is 4.79 Å². The van der Waals surface area contributed by atoms with E-state index in [4.69, 9.17) is 9.68 Å². The zero-order valence-corrected chi connectivity index (χ0v) is 12.2. The van der Waals surface area contributed by atoms with Gasteiger partial charge in [0.05, 0.1) is 5.56 Å². The highest BCUT2D eigenvalue weighted by atomic mass is 16.3. The lowest BCUT2D eigenvalue weighted by molar-refractivity contribution is -0.116. The van der Waals surface area contributed by atoms with Crippen LogP contribution in [0.1, 0.15) is 17.1 Å². The molecule has 2 N–H and O–H groups in total. The maximum Gasteiger partial charge on any atom is 0.244 e. The van der Waals surface area contributed by atoms with Crippen molar-refractivity contribution in [2.75, 3.05) is 18.4 Å². The topological polar surface area (TPSA) is 91.0 Å². The fraction of sp³-hybridized carbons (Fsp3) is 0.188. The SMILES string of the molecule is Cc1ccc(/C=C/C(=O)NCCNc2ncccc2C#N)o1. The van der Waals surface area contributed by atoms with Gasteiger partial charge in [-0.15, -0.1) is 0 Å². The summed E-state index contributed by atoms with van der Waals surface area (Å²) in [6, 6.07) is 9.07. The maximum absolute atomic E-state index is 11.6. The van der Waals surface area contributed by atoms with Gasteiger partial charge in [-0.05, 0) is 37.3 Å². The van der Waals surface area contributed by atoms with Crippen LogP contribution in [0, 0.1) is 18.3 Å². The van der Waals surface area contributed by atoms with E-state index in [2.05, 4.69) is 21.7 Å². The quantitative estimate of drug-likeness (QED) is 0.629. The zero-order valence-electron chi connectivity index (χ0n) is 12.2. The van der Waals surface area contributed by atoms with Crippen molar-refractivity contribution in [1.82, 2.24) is 10.3 Å². The molecule has 2 aromatic heterocycles. The van der Waals surface area contributed by atoms with Gasteiger partial charge in [0.1, 0.15) is 23.4 Å². The molecule has 0 radical (unpaired) electrons. The van der Waals surface area contributed by atoms with Crippen LogP contribution in [0.15, 0.2) is 41.0 Å². The lowest BCUT2D eigenvalue weighted by atomic mass is 10.3. The van der Waals surface area contributed by atoms with Crippen LogP contribution in [0.3, 0.4) is 0 Å². The molecule has 0 bridgehead atoms. The Bertz CT molecular complexity index is 713. The molecule has 1 amide bonds. The summed E-state index contributed by atoms with van der Waals surface area (Å²) in [5.41, 5.74) is 0.474. The molecule has 0 saturated heterocycles. The predicted octanol–water partition coefficient (Wildman–Crippen LogP) is 2.10. The second-order valence-corrected chi connectivity index (χ2v) is 4.51. The minimum absolute atomic E-state index is 0.211. The van der Waals surface area contributed by atoms with Crippen molar-refractivity contribution in [2.24, 2.45) is 0 Å².